The molecule has 14 heavy (non-hydrogen) atoms. The molecule has 0 radical (unpaired) electrons. The smallest absolute Gasteiger partial charge is 0.244 e. The zero-order valence-corrected chi connectivity index (χ0v) is 9.26. The Balaban J connectivity index is 2.65. The Kier molecular flexibility index (Phi) is 3.14. The van der Waals surface area contributed by atoms with Gasteiger partial charge >= 0.3 is 0 Å². The van der Waals surface area contributed by atoms with Gasteiger partial charge in [0.15, 0.2) is 0 Å². The lowest BCUT2D eigenvalue weighted by Gasteiger charge is -2.22. The van der Waals surface area contributed by atoms with Crippen LogP contribution in [0.5, 0.6) is 0 Å². The summed E-state index contributed by atoms with van der Waals surface area (Å²) in [6.45, 7) is 6.67. The molecule has 0 bridgehead atoms. The van der Waals surface area contributed by atoms with Crippen molar-refractivity contribution in [1.29, 1.82) is 0 Å². The summed E-state index contributed by atoms with van der Waals surface area (Å²) in [6, 6.07) is 0. The first-order chi connectivity index (χ1) is 6.38. The SMILES string of the molecule is CC(C)(C)CC1=CC=C(C(N)=O)CC1. The lowest BCUT2D eigenvalue weighted by Crippen LogP contribution is -2.16. The molecule has 0 saturated carbocycles. The van der Waals surface area contributed by atoms with Crippen molar-refractivity contribution < 1.29 is 4.79 Å². The lowest BCUT2D eigenvalue weighted by atomic mass is 9.84. The third kappa shape index (κ3) is 3.36. The molecule has 2 heteroatoms. The van der Waals surface area contributed by atoms with E-state index in [0.717, 1.165) is 24.8 Å². The van der Waals surface area contributed by atoms with E-state index >= 15 is 0 Å². The van der Waals surface area contributed by atoms with Crippen molar-refractivity contribution in [2.45, 2.75) is 40.0 Å². The molecule has 0 heterocycles. The summed E-state index contributed by atoms with van der Waals surface area (Å²) in [6.07, 6.45) is 6.79. The monoisotopic (exact) mass is 193 g/mol. The Hall–Kier alpha value is -1.05. The molecule has 1 aliphatic rings. The summed E-state index contributed by atoms with van der Waals surface area (Å²) in [5.74, 6) is -0.281. The van der Waals surface area contributed by atoms with E-state index in [1.165, 1.54) is 5.57 Å². The molecule has 0 unspecified atom stereocenters. The van der Waals surface area contributed by atoms with Gasteiger partial charge in [0, 0.05) is 5.57 Å². The Morgan fingerprint density at radius 1 is 1.36 bits per heavy atom. The highest BCUT2D eigenvalue weighted by molar-refractivity contribution is 5.92. The van der Waals surface area contributed by atoms with Gasteiger partial charge in [0.05, 0.1) is 0 Å². The molecule has 0 aromatic heterocycles. The lowest BCUT2D eigenvalue weighted by molar-refractivity contribution is -0.114. The summed E-state index contributed by atoms with van der Waals surface area (Å²) < 4.78 is 0. The molecule has 2 N–H and O–H groups in total. The van der Waals surface area contributed by atoms with Crippen LogP contribution in [0.3, 0.4) is 0 Å². The van der Waals surface area contributed by atoms with E-state index in [0.29, 0.717) is 5.41 Å². The molecule has 0 aromatic rings. The molecule has 1 aliphatic carbocycles. The van der Waals surface area contributed by atoms with Gasteiger partial charge in [0.2, 0.25) is 5.91 Å². The van der Waals surface area contributed by atoms with Gasteiger partial charge < -0.3 is 5.73 Å². The highest BCUT2D eigenvalue weighted by Gasteiger charge is 2.16. The van der Waals surface area contributed by atoms with Crippen LogP contribution in [0.15, 0.2) is 23.3 Å². The third-order valence-corrected chi connectivity index (χ3v) is 2.31. The first-order valence-corrected chi connectivity index (χ1v) is 5.07. The van der Waals surface area contributed by atoms with Crippen LogP contribution in [-0.2, 0) is 4.79 Å². The van der Waals surface area contributed by atoms with E-state index in [1.807, 2.05) is 6.08 Å². The van der Waals surface area contributed by atoms with E-state index in [2.05, 4.69) is 26.8 Å². The molecule has 0 atom stereocenters. The van der Waals surface area contributed by atoms with Crippen LogP contribution in [0.2, 0.25) is 0 Å². The van der Waals surface area contributed by atoms with Gasteiger partial charge in [-0.3, -0.25) is 4.79 Å². The quantitative estimate of drug-likeness (QED) is 0.719. The predicted octanol–water partition coefficient (Wildman–Crippen LogP) is 2.55. The van der Waals surface area contributed by atoms with Crippen molar-refractivity contribution in [2.24, 2.45) is 11.1 Å². The number of nitrogens with two attached hydrogens (primary N) is 1. The average Bonchev–Trinajstić information content (AvgIpc) is 2.02. The minimum Gasteiger partial charge on any atom is -0.366 e. The second-order valence-electron chi connectivity index (χ2n) is 5.12. The number of carbonyl (C=O) groups excluding carboxylic acids is 1. The largest absolute Gasteiger partial charge is 0.366 e. The number of hydrogen-bond donors (Lipinski definition) is 1. The molecule has 0 spiro atoms. The molecule has 0 fully saturated rings. The van der Waals surface area contributed by atoms with Crippen LogP contribution in [0, 0.1) is 5.41 Å². The first-order valence-electron chi connectivity index (χ1n) is 5.07. The van der Waals surface area contributed by atoms with Crippen LogP contribution in [0.4, 0.5) is 0 Å². The number of amides is 1. The summed E-state index contributed by atoms with van der Waals surface area (Å²) in [4.78, 5) is 10.9. The Morgan fingerprint density at radius 2 is 2.00 bits per heavy atom. The fourth-order valence-corrected chi connectivity index (χ4v) is 1.71. The van der Waals surface area contributed by atoms with Crippen LogP contribution in [-0.4, -0.2) is 5.91 Å². The van der Waals surface area contributed by atoms with Gasteiger partial charge in [-0.1, -0.05) is 38.5 Å². The maximum Gasteiger partial charge on any atom is 0.244 e. The van der Waals surface area contributed by atoms with Gasteiger partial charge in [0.25, 0.3) is 0 Å². The molecule has 0 aromatic carbocycles. The summed E-state index contributed by atoms with van der Waals surface area (Å²) >= 11 is 0. The van der Waals surface area contributed by atoms with Gasteiger partial charge in [-0.05, 0) is 24.7 Å². The normalized spacial score (nSPS) is 17.4. The zero-order chi connectivity index (χ0) is 10.8. The number of primary amides is 1. The minimum absolute atomic E-state index is 0.281. The zero-order valence-electron chi connectivity index (χ0n) is 9.26. The van der Waals surface area contributed by atoms with Crippen molar-refractivity contribution >= 4 is 5.91 Å². The van der Waals surface area contributed by atoms with Gasteiger partial charge in [-0.25, -0.2) is 0 Å². The predicted molar refractivity (Wildman–Crippen MR) is 58.7 cm³/mol. The maximum absolute atomic E-state index is 10.9. The highest BCUT2D eigenvalue weighted by atomic mass is 16.1. The van der Waals surface area contributed by atoms with Crippen molar-refractivity contribution in [3.63, 3.8) is 0 Å². The van der Waals surface area contributed by atoms with E-state index in [-0.39, 0.29) is 5.91 Å². The van der Waals surface area contributed by atoms with Gasteiger partial charge in [-0.15, -0.1) is 0 Å². The molecule has 1 amide bonds. The Bertz CT molecular complexity index is 292. The summed E-state index contributed by atoms with van der Waals surface area (Å²) in [7, 11) is 0. The standard InChI is InChI=1S/C12H19NO/c1-12(2,3)8-9-4-6-10(7-5-9)11(13)14/h4,6H,5,7-8H2,1-3H3,(H2,13,14). The Labute approximate surface area is 85.9 Å². The van der Waals surface area contributed by atoms with Gasteiger partial charge in [-0.2, -0.15) is 0 Å². The molecule has 78 valence electrons. The topological polar surface area (TPSA) is 43.1 Å². The van der Waals surface area contributed by atoms with E-state index < -0.39 is 0 Å². The average molecular weight is 193 g/mol. The van der Waals surface area contributed by atoms with Crippen molar-refractivity contribution in [1.82, 2.24) is 0 Å². The van der Waals surface area contributed by atoms with Crippen LogP contribution in [0.25, 0.3) is 0 Å². The second kappa shape index (κ2) is 3.99. The first kappa shape index (κ1) is 11.0. The fourth-order valence-electron chi connectivity index (χ4n) is 1.71. The number of rotatable bonds is 2. The molecule has 1 rings (SSSR count). The molecule has 0 aliphatic heterocycles. The minimum atomic E-state index is -0.281. The fraction of sp³-hybridized carbons (Fsp3) is 0.583. The molecular weight excluding hydrogens is 174 g/mol. The van der Waals surface area contributed by atoms with Crippen LogP contribution >= 0.6 is 0 Å². The molecular formula is C12H19NO. The number of allylic oxidation sites excluding steroid dienone is 3. The Morgan fingerprint density at radius 3 is 2.36 bits per heavy atom. The van der Waals surface area contributed by atoms with E-state index in [9.17, 15) is 4.79 Å². The number of carbonyl (C=O) groups is 1. The van der Waals surface area contributed by atoms with E-state index in [1.54, 1.807) is 0 Å². The second-order valence-corrected chi connectivity index (χ2v) is 5.12. The number of hydrogen-bond acceptors (Lipinski definition) is 1. The highest BCUT2D eigenvalue weighted by Crippen LogP contribution is 2.29. The molecule has 2 nitrogen and oxygen atoms in total. The van der Waals surface area contributed by atoms with Crippen molar-refractivity contribution in [3.05, 3.63) is 23.3 Å². The van der Waals surface area contributed by atoms with Crippen molar-refractivity contribution in [3.8, 4) is 0 Å². The summed E-state index contributed by atoms with van der Waals surface area (Å²) in [5, 5.41) is 0. The third-order valence-electron chi connectivity index (χ3n) is 2.31. The van der Waals surface area contributed by atoms with Crippen LogP contribution < -0.4 is 5.73 Å². The van der Waals surface area contributed by atoms with Crippen LogP contribution in [0.1, 0.15) is 40.0 Å². The van der Waals surface area contributed by atoms with E-state index in [4.69, 9.17) is 5.73 Å². The molecule has 0 saturated heterocycles. The maximum atomic E-state index is 10.9. The van der Waals surface area contributed by atoms with Crippen molar-refractivity contribution in [2.75, 3.05) is 0 Å². The summed E-state index contributed by atoms with van der Waals surface area (Å²) in [5.41, 5.74) is 7.70. The van der Waals surface area contributed by atoms with Gasteiger partial charge in [0.1, 0.15) is 0 Å².